The molecule has 2 rings (SSSR count). The summed E-state index contributed by atoms with van der Waals surface area (Å²) in [6, 6.07) is 9.06. The van der Waals surface area contributed by atoms with Gasteiger partial charge in [0.1, 0.15) is 11.6 Å². The van der Waals surface area contributed by atoms with Gasteiger partial charge in [0.25, 0.3) is 5.91 Å². The highest BCUT2D eigenvalue weighted by Gasteiger charge is 2.12. The maximum absolute atomic E-state index is 13.9. The molecule has 0 bridgehead atoms. The van der Waals surface area contributed by atoms with Crippen LogP contribution in [0.15, 0.2) is 36.4 Å². The van der Waals surface area contributed by atoms with E-state index in [9.17, 15) is 9.18 Å². The zero-order valence-corrected chi connectivity index (χ0v) is 11.7. The standard InChI is InChI=1S/C15H16FN3O2/c1-18-15(20)11-5-3-9(17)7-13(11)19-14-8-10(21-2)4-6-12(14)16/h3-8,19H,17H2,1-2H3,(H,18,20). The molecule has 4 N–H and O–H groups in total. The van der Waals surface area contributed by atoms with Crippen molar-refractivity contribution in [3.8, 4) is 5.75 Å². The van der Waals surface area contributed by atoms with Crippen LogP contribution in [0.2, 0.25) is 0 Å². The third-order valence-electron chi connectivity index (χ3n) is 2.96. The average molecular weight is 289 g/mol. The quantitative estimate of drug-likeness (QED) is 0.756. The molecule has 0 unspecified atom stereocenters. The van der Waals surface area contributed by atoms with Gasteiger partial charge in [-0.2, -0.15) is 0 Å². The number of nitrogen functional groups attached to an aromatic ring is 1. The Morgan fingerprint density at radius 3 is 2.62 bits per heavy atom. The highest BCUT2D eigenvalue weighted by molar-refractivity contribution is 6.00. The van der Waals surface area contributed by atoms with Crippen LogP contribution in [-0.4, -0.2) is 20.1 Å². The number of amides is 1. The van der Waals surface area contributed by atoms with Crippen molar-refractivity contribution < 1.29 is 13.9 Å². The summed E-state index contributed by atoms with van der Waals surface area (Å²) in [6.07, 6.45) is 0. The first-order valence-corrected chi connectivity index (χ1v) is 6.27. The van der Waals surface area contributed by atoms with Crippen LogP contribution in [0, 0.1) is 5.82 Å². The average Bonchev–Trinajstić information content (AvgIpc) is 2.49. The van der Waals surface area contributed by atoms with E-state index in [4.69, 9.17) is 10.5 Å². The first-order chi connectivity index (χ1) is 10.0. The van der Waals surface area contributed by atoms with Gasteiger partial charge in [0.15, 0.2) is 0 Å². The van der Waals surface area contributed by atoms with Gasteiger partial charge < -0.3 is 21.1 Å². The molecule has 0 saturated carbocycles. The second-order valence-corrected chi connectivity index (χ2v) is 4.35. The fourth-order valence-corrected chi connectivity index (χ4v) is 1.87. The molecule has 0 fully saturated rings. The largest absolute Gasteiger partial charge is 0.497 e. The fraction of sp³-hybridized carbons (Fsp3) is 0.133. The van der Waals surface area contributed by atoms with Crippen LogP contribution in [0.5, 0.6) is 5.75 Å². The molecule has 1 amide bonds. The third-order valence-corrected chi connectivity index (χ3v) is 2.96. The highest BCUT2D eigenvalue weighted by Crippen LogP contribution is 2.28. The topological polar surface area (TPSA) is 76.4 Å². The predicted molar refractivity (Wildman–Crippen MR) is 80.5 cm³/mol. The van der Waals surface area contributed by atoms with Crippen LogP contribution in [0.3, 0.4) is 0 Å². The Labute approximate surface area is 121 Å². The van der Waals surface area contributed by atoms with Crippen molar-refractivity contribution in [2.75, 3.05) is 25.2 Å². The maximum atomic E-state index is 13.9. The molecule has 2 aromatic carbocycles. The number of anilines is 3. The number of hydrogen-bond donors (Lipinski definition) is 3. The molecular weight excluding hydrogens is 273 g/mol. The summed E-state index contributed by atoms with van der Waals surface area (Å²) in [5.74, 6) is -0.244. The zero-order valence-electron chi connectivity index (χ0n) is 11.7. The normalized spacial score (nSPS) is 10.0. The SMILES string of the molecule is CNC(=O)c1ccc(N)cc1Nc1cc(OC)ccc1F. The lowest BCUT2D eigenvalue weighted by Crippen LogP contribution is -2.19. The number of rotatable bonds is 4. The van der Waals surface area contributed by atoms with Crippen molar-refractivity contribution in [3.63, 3.8) is 0 Å². The van der Waals surface area contributed by atoms with Crippen molar-refractivity contribution in [2.45, 2.75) is 0 Å². The number of carbonyl (C=O) groups excluding carboxylic acids is 1. The molecule has 0 radical (unpaired) electrons. The van der Waals surface area contributed by atoms with Crippen molar-refractivity contribution >= 4 is 23.0 Å². The summed E-state index contributed by atoms with van der Waals surface area (Å²) in [5, 5.41) is 5.40. The maximum Gasteiger partial charge on any atom is 0.253 e. The molecule has 0 spiro atoms. The third kappa shape index (κ3) is 3.22. The lowest BCUT2D eigenvalue weighted by Gasteiger charge is -2.13. The van der Waals surface area contributed by atoms with E-state index in [1.807, 2.05) is 0 Å². The molecule has 21 heavy (non-hydrogen) atoms. The van der Waals surface area contributed by atoms with Crippen LogP contribution in [0.1, 0.15) is 10.4 Å². The predicted octanol–water partition coefficient (Wildman–Crippen LogP) is 2.52. The molecular formula is C15H16FN3O2. The van der Waals surface area contributed by atoms with Gasteiger partial charge in [0.2, 0.25) is 0 Å². The summed E-state index contributed by atoms with van der Waals surface area (Å²) >= 11 is 0. The van der Waals surface area contributed by atoms with Crippen LogP contribution < -0.4 is 21.1 Å². The second-order valence-electron chi connectivity index (χ2n) is 4.35. The van der Waals surface area contributed by atoms with Crippen molar-refractivity contribution in [1.82, 2.24) is 5.32 Å². The Bertz CT molecular complexity index is 674. The lowest BCUT2D eigenvalue weighted by molar-refractivity contribution is 0.0964. The van der Waals surface area contributed by atoms with Crippen molar-refractivity contribution in [3.05, 3.63) is 47.8 Å². The monoisotopic (exact) mass is 289 g/mol. The fourth-order valence-electron chi connectivity index (χ4n) is 1.87. The Balaban J connectivity index is 2.43. The molecule has 0 saturated heterocycles. The molecule has 0 heterocycles. The van der Waals surface area contributed by atoms with Crippen LogP contribution in [0.4, 0.5) is 21.5 Å². The van der Waals surface area contributed by atoms with Gasteiger partial charge in [-0.1, -0.05) is 0 Å². The molecule has 0 aliphatic heterocycles. The Kier molecular flexibility index (Phi) is 4.27. The molecule has 0 aromatic heterocycles. The zero-order chi connectivity index (χ0) is 15.4. The van der Waals surface area contributed by atoms with E-state index in [1.54, 1.807) is 18.2 Å². The van der Waals surface area contributed by atoms with Crippen molar-refractivity contribution in [1.29, 1.82) is 0 Å². The Morgan fingerprint density at radius 1 is 1.19 bits per heavy atom. The van der Waals surface area contributed by atoms with E-state index in [0.717, 1.165) is 0 Å². The van der Waals surface area contributed by atoms with Crippen LogP contribution in [-0.2, 0) is 0 Å². The summed E-state index contributed by atoms with van der Waals surface area (Å²) in [6.45, 7) is 0. The highest BCUT2D eigenvalue weighted by atomic mass is 19.1. The van der Waals surface area contributed by atoms with Crippen LogP contribution >= 0.6 is 0 Å². The minimum Gasteiger partial charge on any atom is -0.497 e. The minimum atomic E-state index is -0.457. The van der Waals surface area contributed by atoms with Gasteiger partial charge in [-0.25, -0.2) is 4.39 Å². The van der Waals surface area contributed by atoms with Gasteiger partial charge >= 0.3 is 0 Å². The minimum absolute atomic E-state index is 0.199. The number of nitrogens with two attached hydrogens (primary N) is 1. The molecule has 2 aromatic rings. The number of hydrogen-bond acceptors (Lipinski definition) is 4. The van der Waals surface area contributed by atoms with Crippen molar-refractivity contribution in [2.24, 2.45) is 0 Å². The molecule has 6 heteroatoms. The Morgan fingerprint density at radius 2 is 1.95 bits per heavy atom. The molecule has 0 aliphatic rings. The molecule has 0 atom stereocenters. The number of carbonyl (C=O) groups is 1. The number of nitrogens with one attached hydrogen (secondary N) is 2. The van der Waals surface area contributed by atoms with E-state index in [-0.39, 0.29) is 11.6 Å². The number of benzene rings is 2. The van der Waals surface area contributed by atoms with E-state index < -0.39 is 5.82 Å². The summed E-state index contributed by atoms with van der Waals surface area (Å²) in [5.41, 5.74) is 7.18. The van der Waals surface area contributed by atoms with Gasteiger partial charge in [-0.15, -0.1) is 0 Å². The first kappa shape index (κ1) is 14.6. The molecule has 5 nitrogen and oxygen atoms in total. The lowest BCUT2D eigenvalue weighted by atomic mass is 10.1. The second kappa shape index (κ2) is 6.13. The van der Waals surface area contributed by atoms with Gasteiger partial charge in [0.05, 0.1) is 24.0 Å². The summed E-state index contributed by atoms with van der Waals surface area (Å²) in [4.78, 5) is 11.8. The van der Waals surface area contributed by atoms with Gasteiger partial charge in [-0.3, -0.25) is 4.79 Å². The Hall–Kier alpha value is -2.76. The summed E-state index contributed by atoms with van der Waals surface area (Å²) < 4.78 is 18.9. The first-order valence-electron chi connectivity index (χ1n) is 6.27. The smallest absolute Gasteiger partial charge is 0.253 e. The van der Waals surface area contributed by atoms with Gasteiger partial charge in [-0.05, 0) is 30.3 Å². The van der Waals surface area contributed by atoms with Crippen LogP contribution in [0.25, 0.3) is 0 Å². The number of methoxy groups -OCH3 is 1. The van der Waals surface area contributed by atoms with Gasteiger partial charge in [0, 0.05) is 18.8 Å². The molecule has 110 valence electrons. The number of halogens is 1. The van der Waals surface area contributed by atoms with E-state index in [0.29, 0.717) is 22.7 Å². The van der Waals surface area contributed by atoms with E-state index in [2.05, 4.69) is 10.6 Å². The molecule has 0 aliphatic carbocycles. The summed E-state index contributed by atoms with van der Waals surface area (Å²) in [7, 11) is 3.02. The van der Waals surface area contributed by atoms with E-state index >= 15 is 0 Å². The van der Waals surface area contributed by atoms with E-state index in [1.165, 1.54) is 32.4 Å². The number of ether oxygens (including phenoxy) is 1.